The SMILES string of the molecule is C[NH+]=C1C=C2OC3=CC(N(C)C)CC=C3C(=O)C2CC1. The number of nitrogens with zero attached hydrogens (tertiary/aromatic N) is 1. The Labute approximate surface area is 119 Å². The number of nitrogens with one attached hydrogen (secondary N) is 1. The smallest absolute Gasteiger partial charge is 0.177 e. The zero-order chi connectivity index (χ0) is 14.3. The summed E-state index contributed by atoms with van der Waals surface area (Å²) in [7, 11) is 5.99. The van der Waals surface area contributed by atoms with Crippen molar-refractivity contribution in [2.24, 2.45) is 5.92 Å². The summed E-state index contributed by atoms with van der Waals surface area (Å²) in [5.41, 5.74) is 1.91. The zero-order valence-corrected chi connectivity index (χ0v) is 12.3. The van der Waals surface area contributed by atoms with Gasteiger partial charge in [-0.25, -0.2) is 4.99 Å². The van der Waals surface area contributed by atoms with Crippen LogP contribution in [0.2, 0.25) is 0 Å². The number of hydrogen-bond acceptors (Lipinski definition) is 3. The van der Waals surface area contributed by atoms with Gasteiger partial charge in [-0.2, -0.15) is 0 Å². The molecule has 106 valence electrons. The summed E-state index contributed by atoms with van der Waals surface area (Å²) in [4.78, 5) is 17.9. The van der Waals surface area contributed by atoms with E-state index < -0.39 is 0 Å². The molecule has 3 rings (SSSR count). The highest BCUT2D eigenvalue weighted by molar-refractivity contribution is 6.05. The molecule has 0 bridgehead atoms. The van der Waals surface area contributed by atoms with Crippen LogP contribution in [0.15, 0.2) is 35.3 Å². The Kier molecular flexibility index (Phi) is 3.34. The molecule has 0 aromatic rings. The number of Topliss-reactive ketones (excluding diaryl/α,β-unsaturated/α-hetero) is 1. The fourth-order valence-corrected chi connectivity index (χ4v) is 3.00. The third-order valence-electron chi connectivity index (χ3n) is 4.33. The first kappa shape index (κ1) is 13.3. The maximum atomic E-state index is 12.6. The number of ketones is 1. The Morgan fingerprint density at radius 3 is 2.90 bits per heavy atom. The number of fused-ring (bicyclic) bond motifs is 2. The molecule has 1 fully saturated rings. The minimum atomic E-state index is -0.0913. The molecule has 1 saturated heterocycles. The van der Waals surface area contributed by atoms with Gasteiger partial charge in [-0.15, -0.1) is 0 Å². The van der Waals surface area contributed by atoms with E-state index in [4.69, 9.17) is 4.74 Å². The van der Waals surface area contributed by atoms with E-state index in [9.17, 15) is 4.79 Å². The normalized spacial score (nSPS) is 31.1. The van der Waals surface area contributed by atoms with Gasteiger partial charge < -0.3 is 9.64 Å². The summed E-state index contributed by atoms with van der Waals surface area (Å²) in [5.74, 6) is 1.67. The molecule has 0 amide bonds. The van der Waals surface area contributed by atoms with Gasteiger partial charge in [-0.3, -0.25) is 4.79 Å². The lowest BCUT2D eigenvalue weighted by Crippen LogP contribution is -2.68. The highest BCUT2D eigenvalue weighted by atomic mass is 16.5. The first-order chi connectivity index (χ1) is 9.60. The van der Waals surface area contributed by atoms with E-state index >= 15 is 0 Å². The number of rotatable bonds is 1. The summed E-state index contributed by atoms with van der Waals surface area (Å²) in [6.45, 7) is 0. The van der Waals surface area contributed by atoms with Crippen LogP contribution in [0, 0.1) is 5.92 Å². The van der Waals surface area contributed by atoms with Gasteiger partial charge in [0.25, 0.3) is 0 Å². The molecule has 1 N–H and O–H groups in total. The number of allylic oxidation sites excluding steroid dienone is 3. The minimum absolute atomic E-state index is 0.0913. The first-order valence-corrected chi connectivity index (χ1v) is 7.16. The Balaban J connectivity index is 1.95. The fourth-order valence-electron chi connectivity index (χ4n) is 3.00. The molecule has 0 aromatic carbocycles. The molecule has 0 radical (unpaired) electrons. The van der Waals surface area contributed by atoms with E-state index in [0.29, 0.717) is 6.04 Å². The van der Waals surface area contributed by atoms with E-state index in [-0.39, 0.29) is 11.7 Å². The minimum Gasteiger partial charge on any atom is -0.460 e. The van der Waals surface area contributed by atoms with E-state index in [1.54, 1.807) is 0 Å². The lowest BCUT2D eigenvalue weighted by atomic mass is 9.81. The van der Waals surface area contributed by atoms with Crippen molar-refractivity contribution < 1.29 is 14.5 Å². The molecule has 4 heteroatoms. The molecule has 2 unspecified atom stereocenters. The molecule has 3 aliphatic rings. The van der Waals surface area contributed by atoms with Crippen molar-refractivity contribution in [2.75, 3.05) is 21.1 Å². The average molecular weight is 273 g/mol. The molecule has 2 aliphatic carbocycles. The van der Waals surface area contributed by atoms with Crippen molar-refractivity contribution >= 4 is 11.5 Å². The standard InChI is InChI=1S/C16H20N2O2/c1-17-10-4-6-12-14(8-10)20-15-9-11(18(2)3)5-7-13(15)16(12)19/h7-9,11-12H,4-6H2,1-3H3/p+1. The van der Waals surface area contributed by atoms with E-state index in [1.807, 2.05) is 33.3 Å². The summed E-state index contributed by atoms with van der Waals surface area (Å²) in [6, 6.07) is 0.301. The zero-order valence-electron chi connectivity index (χ0n) is 12.3. The number of ether oxygens (including phenoxy) is 1. The van der Waals surface area contributed by atoms with Gasteiger partial charge in [-0.05, 0) is 33.0 Å². The number of hydrogen-bond donors (Lipinski definition) is 1. The van der Waals surface area contributed by atoms with Crippen LogP contribution in [0.1, 0.15) is 19.3 Å². The summed E-state index contributed by atoms with van der Waals surface area (Å²) >= 11 is 0. The Morgan fingerprint density at radius 2 is 2.20 bits per heavy atom. The maximum Gasteiger partial charge on any atom is 0.177 e. The molecular formula is C16H21N2O2+. The Morgan fingerprint density at radius 1 is 1.40 bits per heavy atom. The van der Waals surface area contributed by atoms with Gasteiger partial charge in [0.1, 0.15) is 18.6 Å². The third kappa shape index (κ3) is 2.14. The number of likely N-dealkylation sites (N-methyl/N-ethyl adjacent to an activating group) is 1. The van der Waals surface area contributed by atoms with Crippen molar-refractivity contribution in [3.63, 3.8) is 0 Å². The molecule has 20 heavy (non-hydrogen) atoms. The largest absolute Gasteiger partial charge is 0.460 e. The number of carbonyl (C=O) groups is 1. The molecule has 1 aliphatic heterocycles. The van der Waals surface area contributed by atoms with Gasteiger partial charge >= 0.3 is 0 Å². The molecule has 4 nitrogen and oxygen atoms in total. The second kappa shape index (κ2) is 5.02. The van der Waals surface area contributed by atoms with E-state index in [2.05, 4.69) is 16.0 Å². The number of carbonyl (C=O) groups excluding carboxylic acids is 1. The predicted octanol–water partition coefficient (Wildman–Crippen LogP) is 0.175. The monoisotopic (exact) mass is 273 g/mol. The molecule has 0 aromatic heterocycles. The van der Waals surface area contributed by atoms with E-state index in [1.165, 1.54) is 0 Å². The Bertz CT molecular complexity index is 567. The second-order valence-electron chi connectivity index (χ2n) is 5.79. The van der Waals surface area contributed by atoms with Crippen molar-refractivity contribution in [1.29, 1.82) is 0 Å². The molecule has 2 atom stereocenters. The van der Waals surface area contributed by atoms with Crippen LogP contribution in [0.5, 0.6) is 0 Å². The van der Waals surface area contributed by atoms with Crippen LogP contribution in [0.4, 0.5) is 0 Å². The van der Waals surface area contributed by atoms with Crippen molar-refractivity contribution in [1.82, 2.24) is 4.90 Å². The van der Waals surface area contributed by atoms with Gasteiger partial charge in [0.05, 0.1) is 11.5 Å². The lowest BCUT2D eigenvalue weighted by molar-refractivity contribution is -0.420. The van der Waals surface area contributed by atoms with Crippen LogP contribution < -0.4 is 4.99 Å². The van der Waals surface area contributed by atoms with Crippen LogP contribution in [-0.4, -0.2) is 43.6 Å². The van der Waals surface area contributed by atoms with Gasteiger partial charge in [0.15, 0.2) is 11.5 Å². The van der Waals surface area contributed by atoms with Crippen LogP contribution in [0.3, 0.4) is 0 Å². The lowest BCUT2D eigenvalue weighted by Gasteiger charge is -2.34. The first-order valence-electron chi connectivity index (χ1n) is 7.16. The maximum absolute atomic E-state index is 12.6. The average Bonchev–Trinajstić information content (AvgIpc) is 2.46. The fraction of sp³-hybridized carbons (Fsp3) is 0.500. The van der Waals surface area contributed by atoms with Crippen molar-refractivity contribution in [2.45, 2.75) is 25.3 Å². The summed E-state index contributed by atoms with van der Waals surface area (Å²) in [5, 5.41) is 0. The topological polar surface area (TPSA) is 43.5 Å². The van der Waals surface area contributed by atoms with Crippen LogP contribution in [0.25, 0.3) is 0 Å². The quantitative estimate of drug-likeness (QED) is 0.741. The van der Waals surface area contributed by atoms with Gasteiger partial charge in [0, 0.05) is 18.5 Å². The molecule has 0 saturated carbocycles. The van der Waals surface area contributed by atoms with Crippen LogP contribution in [-0.2, 0) is 9.53 Å². The molecule has 0 spiro atoms. The predicted molar refractivity (Wildman–Crippen MR) is 77.1 cm³/mol. The highest BCUT2D eigenvalue weighted by Gasteiger charge is 2.39. The molecule has 1 heterocycles. The summed E-state index contributed by atoms with van der Waals surface area (Å²) in [6.07, 6.45) is 8.72. The van der Waals surface area contributed by atoms with E-state index in [0.717, 1.165) is 42.1 Å². The van der Waals surface area contributed by atoms with Crippen molar-refractivity contribution in [3.8, 4) is 0 Å². The Hall–Kier alpha value is -1.68. The third-order valence-corrected chi connectivity index (χ3v) is 4.33. The van der Waals surface area contributed by atoms with Crippen LogP contribution >= 0.6 is 0 Å². The second-order valence-corrected chi connectivity index (χ2v) is 5.79. The molecular weight excluding hydrogens is 252 g/mol. The highest BCUT2D eigenvalue weighted by Crippen LogP contribution is 2.38. The van der Waals surface area contributed by atoms with Gasteiger partial charge in [-0.1, -0.05) is 6.08 Å². The summed E-state index contributed by atoms with van der Waals surface area (Å²) < 4.78 is 6.02. The van der Waals surface area contributed by atoms with Crippen molar-refractivity contribution in [3.05, 3.63) is 35.3 Å². The van der Waals surface area contributed by atoms with Gasteiger partial charge in [0.2, 0.25) is 0 Å².